The zero-order valence-electron chi connectivity index (χ0n) is 16.6. The summed E-state index contributed by atoms with van der Waals surface area (Å²) in [7, 11) is 0. The molecule has 1 aromatic heterocycles. The molecule has 0 bridgehead atoms. The molecule has 3 heteroatoms. The maximum absolute atomic E-state index is 6.06. The molecule has 0 unspecified atom stereocenters. The van der Waals surface area contributed by atoms with E-state index in [0.717, 1.165) is 16.1 Å². The van der Waals surface area contributed by atoms with Crippen LogP contribution in [0.1, 0.15) is 52.7 Å². The maximum Gasteiger partial charge on any atom is 0.181 e. The molecule has 3 aromatic rings. The molecule has 0 fully saturated rings. The molecule has 26 heavy (non-hydrogen) atoms. The van der Waals surface area contributed by atoms with E-state index in [4.69, 9.17) is 5.73 Å². The molecular formula is C23H28N2S. The van der Waals surface area contributed by atoms with E-state index >= 15 is 0 Å². The first-order valence-corrected chi connectivity index (χ1v) is 9.85. The topological polar surface area (TPSA) is 38.9 Å². The molecule has 136 valence electrons. The van der Waals surface area contributed by atoms with Crippen LogP contribution in [0.2, 0.25) is 0 Å². The first-order valence-electron chi connectivity index (χ1n) is 9.04. The average molecular weight is 365 g/mol. The summed E-state index contributed by atoms with van der Waals surface area (Å²) in [5, 5.41) is 0.606. The van der Waals surface area contributed by atoms with Gasteiger partial charge in [-0.2, -0.15) is 0 Å². The number of anilines is 1. The molecule has 0 aliphatic heterocycles. The van der Waals surface area contributed by atoms with Gasteiger partial charge in [0.2, 0.25) is 0 Å². The summed E-state index contributed by atoms with van der Waals surface area (Å²) >= 11 is 1.55. The minimum atomic E-state index is 0.144. The second kappa shape index (κ2) is 6.55. The van der Waals surface area contributed by atoms with Gasteiger partial charge >= 0.3 is 0 Å². The van der Waals surface area contributed by atoms with Gasteiger partial charge in [0.1, 0.15) is 0 Å². The lowest BCUT2D eigenvalue weighted by Crippen LogP contribution is -2.10. The fourth-order valence-electron chi connectivity index (χ4n) is 2.98. The summed E-state index contributed by atoms with van der Waals surface area (Å²) in [6, 6.07) is 17.5. The number of aromatic nitrogens is 1. The SMILES string of the molecule is CC(C)(C)c1ccc(-c2nc(N)sc2-c2ccc(C(C)(C)C)cc2)cc1. The molecule has 0 saturated carbocycles. The third-order valence-corrected chi connectivity index (χ3v) is 5.61. The van der Waals surface area contributed by atoms with Crippen LogP contribution >= 0.6 is 11.3 Å². The normalized spacial score (nSPS) is 12.4. The van der Waals surface area contributed by atoms with Gasteiger partial charge in [0.15, 0.2) is 5.13 Å². The molecule has 0 spiro atoms. The number of nitrogens with zero attached hydrogens (tertiary/aromatic N) is 1. The van der Waals surface area contributed by atoms with Gasteiger partial charge in [-0.05, 0) is 27.5 Å². The van der Waals surface area contributed by atoms with Crippen molar-refractivity contribution in [2.75, 3.05) is 5.73 Å². The number of hydrogen-bond acceptors (Lipinski definition) is 3. The standard InChI is InChI=1S/C23H28N2S/c1-22(2,3)17-11-7-15(8-12-17)19-20(26-21(24)25-19)16-9-13-18(14-10-16)23(4,5)6/h7-14H,1-6H3,(H2,24,25). The van der Waals surface area contributed by atoms with Crippen LogP contribution in [-0.2, 0) is 10.8 Å². The first-order chi connectivity index (χ1) is 12.1. The number of hydrogen-bond donors (Lipinski definition) is 1. The van der Waals surface area contributed by atoms with Crippen LogP contribution in [0.3, 0.4) is 0 Å². The zero-order valence-corrected chi connectivity index (χ0v) is 17.4. The Morgan fingerprint density at radius 3 is 1.54 bits per heavy atom. The molecule has 2 nitrogen and oxygen atoms in total. The van der Waals surface area contributed by atoms with Crippen molar-refractivity contribution in [2.24, 2.45) is 0 Å². The molecule has 0 radical (unpaired) electrons. The Labute approximate surface area is 161 Å². The lowest BCUT2D eigenvalue weighted by Gasteiger charge is -2.19. The van der Waals surface area contributed by atoms with Crippen molar-refractivity contribution in [3.8, 4) is 21.7 Å². The summed E-state index contributed by atoms with van der Waals surface area (Å²) in [6.07, 6.45) is 0. The number of nitrogens with two attached hydrogens (primary N) is 1. The van der Waals surface area contributed by atoms with Crippen LogP contribution in [0.4, 0.5) is 5.13 Å². The molecule has 2 aromatic carbocycles. The van der Waals surface area contributed by atoms with Crippen LogP contribution in [0, 0.1) is 0 Å². The van der Waals surface area contributed by atoms with Gasteiger partial charge in [0.05, 0.1) is 10.6 Å². The van der Waals surface area contributed by atoms with E-state index in [-0.39, 0.29) is 10.8 Å². The van der Waals surface area contributed by atoms with E-state index in [9.17, 15) is 0 Å². The van der Waals surface area contributed by atoms with Crippen LogP contribution < -0.4 is 5.73 Å². The Morgan fingerprint density at radius 2 is 1.12 bits per heavy atom. The highest BCUT2D eigenvalue weighted by molar-refractivity contribution is 7.19. The molecule has 0 saturated heterocycles. The highest BCUT2D eigenvalue weighted by atomic mass is 32.1. The molecule has 0 aliphatic carbocycles. The smallest absolute Gasteiger partial charge is 0.181 e. The second-order valence-electron chi connectivity index (χ2n) is 8.88. The Bertz CT molecular complexity index is 814. The molecule has 1 heterocycles. The molecule has 3 rings (SSSR count). The third-order valence-electron chi connectivity index (χ3n) is 4.68. The van der Waals surface area contributed by atoms with Gasteiger partial charge in [-0.25, -0.2) is 4.98 Å². The summed E-state index contributed by atoms with van der Waals surface area (Å²) in [5.41, 5.74) is 12.3. The van der Waals surface area contributed by atoms with E-state index in [0.29, 0.717) is 5.13 Å². The van der Waals surface area contributed by atoms with Crippen molar-refractivity contribution < 1.29 is 0 Å². The summed E-state index contributed by atoms with van der Waals surface area (Å²) < 4.78 is 0. The summed E-state index contributed by atoms with van der Waals surface area (Å²) in [4.78, 5) is 5.75. The monoisotopic (exact) mass is 364 g/mol. The highest BCUT2D eigenvalue weighted by Gasteiger charge is 2.18. The van der Waals surface area contributed by atoms with Crippen molar-refractivity contribution in [1.82, 2.24) is 4.98 Å². The number of nitrogen functional groups attached to an aromatic ring is 1. The molecule has 0 aliphatic rings. The second-order valence-corrected chi connectivity index (χ2v) is 9.92. The van der Waals surface area contributed by atoms with Crippen molar-refractivity contribution in [2.45, 2.75) is 52.4 Å². The quantitative estimate of drug-likeness (QED) is 0.552. The Hall–Kier alpha value is -2.13. The van der Waals surface area contributed by atoms with E-state index in [1.54, 1.807) is 11.3 Å². The lowest BCUT2D eigenvalue weighted by molar-refractivity contribution is 0.590. The number of thiazole rings is 1. The molecule has 0 amide bonds. The van der Waals surface area contributed by atoms with Gasteiger partial charge in [-0.3, -0.25) is 0 Å². The van der Waals surface area contributed by atoms with Crippen molar-refractivity contribution in [3.05, 3.63) is 59.7 Å². The van der Waals surface area contributed by atoms with E-state index in [2.05, 4.69) is 95.1 Å². The Kier molecular flexibility index (Phi) is 4.70. The predicted molar refractivity (Wildman–Crippen MR) is 115 cm³/mol. The van der Waals surface area contributed by atoms with E-state index < -0.39 is 0 Å². The van der Waals surface area contributed by atoms with Crippen LogP contribution in [-0.4, -0.2) is 4.98 Å². The van der Waals surface area contributed by atoms with Crippen molar-refractivity contribution in [3.63, 3.8) is 0 Å². The third kappa shape index (κ3) is 3.83. The number of rotatable bonds is 2. The fourth-order valence-corrected chi connectivity index (χ4v) is 3.84. The largest absolute Gasteiger partial charge is 0.375 e. The average Bonchev–Trinajstić information content (AvgIpc) is 2.95. The van der Waals surface area contributed by atoms with Gasteiger partial charge in [-0.15, -0.1) is 0 Å². The highest BCUT2D eigenvalue weighted by Crippen LogP contribution is 2.39. The molecule has 2 N–H and O–H groups in total. The van der Waals surface area contributed by atoms with Crippen LogP contribution in [0.25, 0.3) is 21.7 Å². The van der Waals surface area contributed by atoms with E-state index in [1.165, 1.54) is 16.7 Å². The van der Waals surface area contributed by atoms with Gasteiger partial charge < -0.3 is 5.73 Å². The first kappa shape index (κ1) is 18.7. The Balaban J connectivity index is 2.01. The fraction of sp³-hybridized carbons (Fsp3) is 0.348. The minimum absolute atomic E-state index is 0.144. The summed E-state index contributed by atoms with van der Waals surface area (Å²) in [5.74, 6) is 0. The van der Waals surface area contributed by atoms with Crippen LogP contribution in [0.15, 0.2) is 48.5 Å². The van der Waals surface area contributed by atoms with Gasteiger partial charge in [-0.1, -0.05) is 101 Å². The minimum Gasteiger partial charge on any atom is -0.375 e. The Morgan fingerprint density at radius 1 is 0.692 bits per heavy atom. The maximum atomic E-state index is 6.06. The van der Waals surface area contributed by atoms with Gasteiger partial charge in [0, 0.05) is 5.56 Å². The zero-order chi connectivity index (χ0) is 19.1. The predicted octanol–water partition coefficient (Wildman–Crippen LogP) is 6.65. The van der Waals surface area contributed by atoms with Crippen molar-refractivity contribution >= 4 is 16.5 Å². The molecular weight excluding hydrogens is 336 g/mol. The van der Waals surface area contributed by atoms with Crippen LogP contribution in [0.5, 0.6) is 0 Å². The van der Waals surface area contributed by atoms with E-state index in [1.807, 2.05) is 0 Å². The van der Waals surface area contributed by atoms with Gasteiger partial charge in [0.25, 0.3) is 0 Å². The number of benzene rings is 2. The lowest BCUT2D eigenvalue weighted by atomic mass is 9.86. The van der Waals surface area contributed by atoms with Crippen molar-refractivity contribution in [1.29, 1.82) is 0 Å². The summed E-state index contributed by atoms with van der Waals surface area (Å²) in [6.45, 7) is 13.4. The molecule has 0 atom stereocenters.